The zero-order valence-corrected chi connectivity index (χ0v) is 14.1. The molecule has 1 aliphatic rings. The van der Waals surface area contributed by atoms with Crippen LogP contribution in [0.2, 0.25) is 4.34 Å². The second-order valence-corrected chi connectivity index (χ2v) is 8.62. The highest BCUT2D eigenvalue weighted by Crippen LogP contribution is 2.26. The Bertz CT molecular complexity index is 547. The van der Waals surface area contributed by atoms with Gasteiger partial charge in [-0.15, -0.1) is 11.3 Å². The molecule has 1 saturated heterocycles. The van der Waals surface area contributed by atoms with Gasteiger partial charge in [0.15, 0.2) is 0 Å². The molecular formula is C12H20ClN3O2S2. The Morgan fingerprint density at radius 3 is 2.95 bits per heavy atom. The predicted molar refractivity (Wildman–Crippen MR) is 82.6 cm³/mol. The summed E-state index contributed by atoms with van der Waals surface area (Å²) in [5.41, 5.74) is 2.04. The van der Waals surface area contributed by atoms with E-state index in [0.29, 0.717) is 29.0 Å². The number of rotatable bonds is 6. The molecule has 0 amide bonds. The van der Waals surface area contributed by atoms with Crippen molar-refractivity contribution >= 4 is 33.0 Å². The van der Waals surface area contributed by atoms with E-state index in [2.05, 4.69) is 23.9 Å². The van der Waals surface area contributed by atoms with Gasteiger partial charge in [0, 0.05) is 19.6 Å². The van der Waals surface area contributed by atoms with Crippen molar-refractivity contribution in [3.63, 3.8) is 0 Å². The molecule has 20 heavy (non-hydrogen) atoms. The molecule has 0 saturated carbocycles. The van der Waals surface area contributed by atoms with Gasteiger partial charge in [-0.1, -0.05) is 18.5 Å². The van der Waals surface area contributed by atoms with E-state index in [-0.39, 0.29) is 5.75 Å². The monoisotopic (exact) mass is 337 g/mol. The van der Waals surface area contributed by atoms with Crippen LogP contribution in [0.5, 0.6) is 0 Å². The van der Waals surface area contributed by atoms with E-state index in [1.165, 1.54) is 11.3 Å². The van der Waals surface area contributed by atoms with Gasteiger partial charge < -0.3 is 4.90 Å². The molecule has 0 aromatic carbocycles. The van der Waals surface area contributed by atoms with E-state index in [9.17, 15) is 8.42 Å². The lowest BCUT2D eigenvalue weighted by Crippen LogP contribution is -2.32. The van der Waals surface area contributed by atoms with Crippen molar-refractivity contribution in [3.8, 4) is 0 Å². The van der Waals surface area contributed by atoms with Gasteiger partial charge in [-0.2, -0.15) is 0 Å². The Morgan fingerprint density at radius 1 is 1.60 bits per heavy atom. The first-order chi connectivity index (χ1) is 9.42. The van der Waals surface area contributed by atoms with Crippen molar-refractivity contribution in [1.82, 2.24) is 14.2 Å². The molecule has 114 valence electrons. The minimum absolute atomic E-state index is 0.0916. The van der Waals surface area contributed by atoms with E-state index >= 15 is 0 Å². The summed E-state index contributed by atoms with van der Waals surface area (Å²) in [5.74, 6) is 0.326. The van der Waals surface area contributed by atoms with Gasteiger partial charge >= 0.3 is 0 Å². The number of hydrogen-bond donors (Lipinski definition) is 0. The van der Waals surface area contributed by atoms with Crippen molar-refractivity contribution < 1.29 is 8.42 Å². The maximum atomic E-state index is 12.4. The number of aromatic nitrogens is 1. The maximum absolute atomic E-state index is 12.4. The second kappa shape index (κ2) is 6.70. The van der Waals surface area contributed by atoms with E-state index in [0.717, 1.165) is 19.5 Å². The van der Waals surface area contributed by atoms with E-state index in [1.807, 2.05) is 0 Å². The number of thiazole rings is 1. The lowest BCUT2D eigenvalue weighted by molar-refractivity contribution is 0.293. The Balaban J connectivity index is 1.96. The first-order valence-corrected chi connectivity index (χ1v) is 9.53. The molecule has 0 aliphatic carbocycles. The van der Waals surface area contributed by atoms with Crippen LogP contribution in [0.1, 0.15) is 19.0 Å². The Morgan fingerprint density at radius 2 is 2.35 bits per heavy atom. The predicted octanol–water partition coefficient (Wildman–Crippen LogP) is 1.90. The minimum Gasteiger partial charge on any atom is -0.306 e. The van der Waals surface area contributed by atoms with Crippen LogP contribution in [-0.4, -0.2) is 55.8 Å². The maximum Gasteiger partial charge on any atom is 0.219 e. The number of sulfonamides is 1. The first kappa shape index (κ1) is 16.2. The minimum atomic E-state index is -3.31. The van der Waals surface area contributed by atoms with E-state index in [1.54, 1.807) is 9.82 Å². The fourth-order valence-electron chi connectivity index (χ4n) is 2.38. The fourth-order valence-corrected chi connectivity index (χ4v) is 4.89. The molecule has 5 nitrogen and oxygen atoms in total. The van der Waals surface area contributed by atoms with Crippen LogP contribution >= 0.6 is 22.9 Å². The van der Waals surface area contributed by atoms with E-state index < -0.39 is 10.0 Å². The molecule has 0 spiro atoms. The average Bonchev–Trinajstić information content (AvgIpc) is 3.00. The SMILES string of the molecule is CCN(C)CC1CCN(S(=O)(=O)Cc2ncsc2Cl)C1. The molecule has 1 atom stereocenters. The van der Waals surface area contributed by atoms with Crippen molar-refractivity contribution in [2.75, 3.05) is 33.2 Å². The lowest BCUT2D eigenvalue weighted by Gasteiger charge is -2.20. The van der Waals surface area contributed by atoms with Crippen LogP contribution in [0.3, 0.4) is 0 Å². The van der Waals surface area contributed by atoms with Gasteiger partial charge in [-0.3, -0.25) is 0 Å². The summed E-state index contributed by atoms with van der Waals surface area (Å²) in [5, 5.41) is 0. The highest BCUT2D eigenvalue weighted by molar-refractivity contribution is 7.88. The van der Waals surface area contributed by atoms with Crippen LogP contribution in [0.25, 0.3) is 0 Å². The van der Waals surface area contributed by atoms with Crippen LogP contribution < -0.4 is 0 Å². The molecule has 1 unspecified atom stereocenters. The molecule has 1 aromatic rings. The van der Waals surface area contributed by atoms with Gasteiger partial charge in [-0.25, -0.2) is 17.7 Å². The largest absolute Gasteiger partial charge is 0.306 e. The summed E-state index contributed by atoms with van der Waals surface area (Å²) in [6, 6.07) is 0. The van der Waals surface area contributed by atoms with E-state index in [4.69, 9.17) is 11.6 Å². The zero-order valence-electron chi connectivity index (χ0n) is 11.7. The second-order valence-electron chi connectivity index (χ2n) is 5.20. The Hall–Kier alpha value is -0.210. The normalized spacial score (nSPS) is 20.9. The quantitative estimate of drug-likeness (QED) is 0.795. The molecule has 2 heterocycles. The van der Waals surface area contributed by atoms with Crippen LogP contribution in [-0.2, 0) is 15.8 Å². The smallest absolute Gasteiger partial charge is 0.219 e. The van der Waals surface area contributed by atoms with Gasteiger partial charge in [0.05, 0.1) is 11.2 Å². The summed E-state index contributed by atoms with van der Waals surface area (Å²) in [4.78, 5) is 6.25. The van der Waals surface area contributed by atoms with Crippen molar-refractivity contribution in [2.45, 2.75) is 19.1 Å². The summed E-state index contributed by atoms with van der Waals surface area (Å²) in [6.07, 6.45) is 0.925. The van der Waals surface area contributed by atoms with Crippen LogP contribution in [0.15, 0.2) is 5.51 Å². The van der Waals surface area contributed by atoms with Gasteiger partial charge in [0.1, 0.15) is 10.1 Å². The Kier molecular flexibility index (Phi) is 5.42. The molecule has 0 radical (unpaired) electrons. The van der Waals surface area contributed by atoms with Crippen molar-refractivity contribution in [1.29, 1.82) is 0 Å². The molecule has 0 bridgehead atoms. The molecule has 2 rings (SSSR count). The molecule has 1 aromatic heterocycles. The fraction of sp³-hybridized carbons (Fsp3) is 0.750. The molecule has 0 N–H and O–H groups in total. The summed E-state index contributed by atoms with van der Waals surface area (Å²) >= 11 is 7.20. The van der Waals surface area contributed by atoms with Gasteiger partial charge in [0.25, 0.3) is 0 Å². The lowest BCUT2D eigenvalue weighted by atomic mass is 10.1. The Labute approximate surface area is 129 Å². The standard InChI is InChI=1S/C12H20ClN3O2S2/c1-3-15(2)6-10-4-5-16(7-10)20(17,18)8-11-12(13)19-9-14-11/h9-10H,3-8H2,1-2H3. The summed E-state index contributed by atoms with van der Waals surface area (Å²) in [6.45, 7) is 5.24. The first-order valence-electron chi connectivity index (χ1n) is 6.66. The number of hydrogen-bond acceptors (Lipinski definition) is 5. The third kappa shape index (κ3) is 3.92. The zero-order chi connectivity index (χ0) is 14.8. The average molecular weight is 338 g/mol. The highest BCUT2D eigenvalue weighted by atomic mass is 35.5. The molecule has 1 aliphatic heterocycles. The summed E-state index contributed by atoms with van der Waals surface area (Å²) in [7, 11) is -1.24. The topological polar surface area (TPSA) is 53.5 Å². The van der Waals surface area contributed by atoms with Gasteiger partial charge in [0.2, 0.25) is 10.0 Å². The number of nitrogens with zero attached hydrogens (tertiary/aromatic N) is 3. The molecule has 1 fully saturated rings. The highest BCUT2D eigenvalue weighted by Gasteiger charge is 2.32. The van der Waals surface area contributed by atoms with Gasteiger partial charge in [-0.05, 0) is 25.9 Å². The third-order valence-corrected chi connectivity index (χ3v) is 6.56. The third-order valence-electron chi connectivity index (χ3n) is 3.66. The van der Waals surface area contributed by atoms with Crippen molar-refractivity contribution in [2.24, 2.45) is 5.92 Å². The number of halogens is 1. The molecule has 8 heteroatoms. The summed E-state index contributed by atoms with van der Waals surface area (Å²) < 4.78 is 26.8. The van der Waals surface area contributed by atoms with Crippen molar-refractivity contribution in [3.05, 3.63) is 15.5 Å². The molecular weight excluding hydrogens is 318 g/mol. The van der Waals surface area contributed by atoms with Crippen LogP contribution in [0, 0.1) is 5.92 Å². The van der Waals surface area contributed by atoms with Crippen LogP contribution in [0.4, 0.5) is 0 Å².